The molecule has 0 amide bonds. The van der Waals surface area contributed by atoms with Gasteiger partial charge in [0.2, 0.25) is 9.84 Å². The normalized spacial score (nSPS) is 11.1. The molecule has 22 heavy (non-hydrogen) atoms. The van der Waals surface area contributed by atoms with Crippen LogP contribution in [0, 0.1) is 17.0 Å². The van der Waals surface area contributed by atoms with Crippen LogP contribution in [0.3, 0.4) is 0 Å². The minimum absolute atomic E-state index is 0.109. The first-order valence-corrected chi connectivity index (χ1v) is 7.53. The summed E-state index contributed by atoms with van der Waals surface area (Å²) in [6, 6.07) is 8.34. The number of sulfone groups is 1. The van der Waals surface area contributed by atoms with E-state index < -0.39 is 36.9 Å². The number of carbonyl (C=O) groups excluding carboxylic acids is 1. The fraction of sp³-hybridized carbons (Fsp3) is 0.0714. The van der Waals surface area contributed by atoms with Crippen molar-refractivity contribution in [2.75, 3.05) is 0 Å². The molecule has 0 fully saturated rings. The van der Waals surface area contributed by atoms with E-state index in [1.54, 1.807) is 19.1 Å². The van der Waals surface area contributed by atoms with E-state index in [-0.39, 0.29) is 4.90 Å². The van der Waals surface area contributed by atoms with Gasteiger partial charge < -0.3 is 9.90 Å². The van der Waals surface area contributed by atoms with Gasteiger partial charge >= 0.3 is 0 Å². The van der Waals surface area contributed by atoms with E-state index in [1.807, 2.05) is 0 Å². The predicted octanol–water partition coefficient (Wildman–Crippen LogP) is 1.10. The van der Waals surface area contributed by atoms with Gasteiger partial charge in [-0.05, 0) is 25.1 Å². The van der Waals surface area contributed by atoms with Crippen molar-refractivity contribution in [1.82, 2.24) is 0 Å². The van der Waals surface area contributed by atoms with Gasteiger partial charge in [0.25, 0.3) is 5.69 Å². The Balaban J connectivity index is 2.67. The number of nitro groups is 1. The van der Waals surface area contributed by atoms with Crippen LogP contribution in [0.5, 0.6) is 0 Å². The topological polar surface area (TPSA) is 117 Å². The van der Waals surface area contributed by atoms with Crippen LogP contribution in [0.25, 0.3) is 0 Å². The van der Waals surface area contributed by atoms with Gasteiger partial charge in [-0.25, -0.2) is 8.42 Å². The number of carboxylic acids is 1. The van der Waals surface area contributed by atoms with E-state index in [2.05, 4.69) is 0 Å². The molecule has 0 N–H and O–H groups in total. The van der Waals surface area contributed by atoms with Gasteiger partial charge in [-0.15, -0.1) is 0 Å². The summed E-state index contributed by atoms with van der Waals surface area (Å²) < 4.78 is 25.0. The van der Waals surface area contributed by atoms with Gasteiger partial charge in [0.05, 0.1) is 15.8 Å². The van der Waals surface area contributed by atoms with Gasteiger partial charge in [-0.3, -0.25) is 10.1 Å². The van der Waals surface area contributed by atoms with E-state index in [1.165, 1.54) is 12.1 Å². The van der Waals surface area contributed by atoms with Crippen LogP contribution in [-0.2, 0) is 9.84 Å². The molecule has 2 rings (SSSR count). The summed E-state index contributed by atoms with van der Waals surface area (Å²) in [6.07, 6.45) is 0. The number of nitro benzene ring substituents is 1. The summed E-state index contributed by atoms with van der Waals surface area (Å²) >= 11 is 0. The standard InChI is InChI=1S/C14H11NO6S/c1-9-2-5-11(6-3-9)22(20,21)13-7-4-10(14(16)17)8-12(13)15(18)19/h2-8H,1H3,(H,16,17)/p-1. The van der Waals surface area contributed by atoms with Gasteiger partial charge in [0.15, 0.2) is 0 Å². The van der Waals surface area contributed by atoms with Crippen molar-refractivity contribution in [2.45, 2.75) is 16.7 Å². The first-order chi connectivity index (χ1) is 10.2. The second-order valence-corrected chi connectivity index (χ2v) is 6.46. The van der Waals surface area contributed by atoms with Gasteiger partial charge in [0, 0.05) is 11.6 Å². The molecule has 0 aromatic heterocycles. The maximum atomic E-state index is 12.5. The molecule has 0 spiro atoms. The van der Waals surface area contributed by atoms with Crippen LogP contribution in [0.4, 0.5) is 5.69 Å². The lowest BCUT2D eigenvalue weighted by atomic mass is 10.2. The lowest BCUT2D eigenvalue weighted by molar-refractivity contribution is -0.387. The van der Waals surface area contributed by atoms with Crippen molar-refractivity contribution in [3.8, 4) is 0 Å². The van der Waals surface area contributed by atoms with E-state index in [0.29, 0.717) is 6.07 Å². The number of nitrogens with zero attached hydrogens (tertiary/aromatic N) is 1. The Morgan fingerprint density at radius 2 is 1.68 bits per heavy atom. The number of hydrogen-bond acceptors (Lipinski definition) is 6. The minimum Gasteiger partial charge on any atom is -0.545 e. The minimum atomic E-state index is -4.13. The van der Waals surface area contributed by atoms with Crippen LogP contribution in [-0.4, -0.2) is 19.3 Å². The predicted molar refractivity (Wildman–Crippen MR) is 74.1 cm³/mol. The summed E-state index contributed by atoms with van der Waals surface area (Å²) in [5.41, 5.74) is -0.433. The van der Waals surface area contributed by atoms with E-state index in [9.17, 15) is 28.4 Å². The first-order valence-electron chi connectivity index (χ1n) is 6.05. The fourth-order valence-electron chi connectivity index (χ4n) is 1.86. The largest absolute Gasteiger partial charge is 0.545 e. The zero-order chi connectivity index (χ0) is 16.5. The highest BCUT2D eigenvalue weighted by Gasteiger charge is 2.27. The molecule has 114 valence electrons. The van der Waals surface area contributed by atoms with Crippen LogP contribution in [0.1, 0.15) is 15.9 Å². The summed E-state index contributed by atoms with van der Waals surface area (Å²) in [6.45, 7) is 1.77. The van der Waals surface area contributed by atoms with Crippen LogP contribution in [0.2, 0.25) is 0 Å². The molecule has 0 saturated heterocycles. The molecule has 2 aromatic carbocycles. The third kappa shape index (κ3) is 2.82. The third-order valence-corrected chi connectivity index (χ3v) is 4.83. The van der Waals surface area contributed by atoms with Crippen molar-refractivity contribution in [1.29, 1.82) is 0 Å². The van der Waals surface area contributed by atoms with Crippen molar-refractivity contribution in [2.24, 2.45) is 0 Å². The quantitative estimate of drug-likeness (QED) is 0.615. The Morgan fingerprint density at radius 1 is 1.09 bits per heavy atom. The maximum Gasteiger partial charge on any atom is 0.289 e. The number of hydrogen-bond donors (Lipinski definition) is 0. The number of aromatic carboxylic acids is 1. The van der Waals surface area contributed by atoms with E-state index in [0.717, 1.165) is 17.7 Å². The second kappa shape index (κ2) is 5.57. The highest BCUT2D eigenvalue weighted by atomic mass is 32.2. The Labute approximate surface area is 125 Å². The van der Waals surface area contributed by atoms with Crippen molar-refractivity contribution < 1.29 is 23.2 Å². The van der Waals surface area contributed by atoms with Crippen molar-refractivity contribution in [3.63, 3.8) is 0 Å². The fourth-order valence-corrected chi connectivity index (χ4v) is 3.26. The summed E-state index contributed by atoms with van der Waals surface area (Å²) in [7, 11) is -4.13. The molecule has 7 nitrogen and oxygen atoms in total. The number of rotatable bonds is 4. The molecule has 0 unspecified atom stereocenters. The van der Waals surface area contributed by atoms with Gasteiger partial charge in [-0.2, -0.15) is 0 Å². The van der Waals surface area contributed by atoms with Crippen LogP contribution >= 0.6 is 0 Å². The lowest BCUT2D eigenvalue weighted by Crippen LogP contribution is -2.22. The Bertz CT molecular complexity index is 855. The highest BCUT2D eigenvalue weighted by molar-refractivity contribution is 7.91. The van der Waals surface area contributed by atoms with Crippen molar-refractivity contribution in [3.05, 3.63) is 63.7 Å². The third-order valence-electron chi connectivity index (χ3n) is 3.01. The lowest BCUT2D eigenvalue weighted by Gasteiger charge is -2.08. The highest BCUT2D eigenvalue weighted by Crippen LogP contribution is 2.30. The smallest absolute Gasteiger partial charge is 0.289 e. The number of carboxylic acid groups (broad SMARTS) is 1. The zero-order valence-corrected chi connectivity index (χ0v) is 12.2. The Kier molecular flexibility index (Phi) is 3.96. The molecule has 0 aliphatic carbocycles. The molecular formula is C14H10NO6S-. The first kappa shape index (κ1) is 15.6. The Morgan fingerprint density at radius 3 is 2.18 bits per heavy atom. The molecule has 2 aromatic rings. The van der Waals surface area contributed by atoms with Crippen LogP contribution in [0.15, 0.2) is 52.3 Å². The zero-order valence-electron chi connectivity index (χ0n) is 11.3. The molecule has 0 bridgehead atoms. The molecule has 0 saturated carbocycles. The van der Waals surface area contributed by atoms with Gasteiger partial charge in [-0.1, -0.05) is 23.8 Å². The van der Waals surface area contributed by atoms with Crippen LogP contribution < -0.4 is 5.11 Å². The number of carbonyl (C=O) groups is 1. The molecule has 0 radical (unpaired) electrons. The number of aryl methyl sites for hydroxylation is 1. The summed E-state index contributed by atoms with van der Waals surface area (Å²) in [5, 5.41) is 21.8. The molecule has 8 heteroatoms. The molecule has 0 aliphatic rings. The average molecular weight is 320 g/mol. The summed E-state index contributed by atoms with van der Waals surface area (Å²) in [5.74, 6) is -1.62. The maximum absolute atomic E-state index is 12.5. The second-order valence-electron chi connectivity index (χ2n) is 4.54. The SMILES string of the molecule is Cc1ccc(S(=O)(=O)c2ccc(C(=O)[O-])cc2[N+](=O)[O-])cc1. The van der Waals surface area contributed by atoms with E-state index >= 15 is 0 Å². The Hall–Kier alpha value is -2.74. The van der Waals surface area contributed by atoms with Gasteiger partial charge in [0.1, 0.15) is 4.90 Å². The molecule has 0 heterocycles. The number of benzene rings is 2. The monoisotopic (exact) mass is 320 g/mol. The average Bonchev–Trinajstić information content (AvgIpc) is 2.46. The molecule has 0 atom stereocenters. The summed E-state index contributed by atoms with van der Waals surface area (Å²) in [4.78, 5) is 20.2. The van der Waals surface area contributed by atoms with E-state index in [4.69, 9.17) is 0 Å². The molecule has 0 aliphatic heterocycles. The van der Waals surface area contributed by atoms with Crippen molar-refractivity contribution >= 4 is 21.5 Å². The molecular weight excluding hydrogens is 310 g/mol.